The molecule has 0 saturated heterocycles. The van der Waals surface area contributed by atoms with Gasteiger partial charge in [-0.1, -0.05) is 0 Å². The third kappa shape index (κ3) is 5.38. The van der Waals surface area contributed by atoms with Gasteiger partial charge in [0.1, 0.15) is 0 Å². The predicted octanol–water partition coefficient (Wildman–Crippen LogP) is 6.47. The minimum atomic E-state index is -1.84. The van der Waals surface area contributed by atoms with Gasteiger partial charge in [0, 0.05) is 0 Å². The van der Waals surface area contributed by atoms with Crippen LogP contribution in [0.15, 0.2) is 59.2 Å². The Morgan fingerprint density at radius 3 is 2.77 bits per heavy atom. The van der Waals surface area contributed by atoms with E-state index in [1.54, 1.807) is 13.2 Å². The normalized spacial score (nSPS) is 20.9. The van der Waals surface area contributed by atoms with Crippen LogP contribution in [0.1, 0.15) is 56.5 Å². The standard InChI is InChI=1S/C27H30NO5.ClH.Hg/c1-4-31-24(29)17-23(27(3)15-8-11-20-14-16-32-25(20)27)33-26(30)28-18(2)21-13-7-10-19-9-5-6-12-22(19)21;;/h5-7,9-10,12-16,18,23H,4,8,11,17H2,1-3H3,(H,28,30);1H;/q;;+1/p-1/t18-,23-,27-;;/m0../s1. The molecule has 1 aliphatic rings. The molecule has 182 valence electrons. The maximum atomic E-state index is 13.2. The number of nitrogens with one attached hydrogen (secondary N) is 1. The minimum absolute atomic E-state index is 0.0538. The van der Waals surface area contributed by atoms with Crippen molar-refractivity contribution in [2.24, 2.45) is 0 Å². The zero-order valence-electron chi connectivity index (χ0n) is 20.4. The molecule has 6 nitrogen and oxygen atoms in total. The van der Waals surface area contributed by atoms with Gasteiger partial charge < -0.3 is 0 Å². The van der Waals surface area contributed by atoms with Crippen LogP contribution in [0.2, 0.25) is 3.43 Å². The predicted molar refractivity (Wildman–Crippen MR) is 131 cm³/mol. The van der Waals surface area contributed by atoms with Crippen molar-refractivity contribution in [3.63, 3.8) is 0 Å². The van der Waals surface area contributed by atoms with Crippen LogP contribution < -0.4 is 5.32 Å². The van der Waals surface area contributed by atoms with Gasteiger partial charge in [-0.2, -0.15) is 0 Å². The van der Waals surface area contributed by atoms with Crippen LogP contribution in [-0.4, -0.2) is 24.8 Å². The molecule has 0 fully saturated rings. The molecule has 0 spiro atoms. The zero-order valence-corrected chi connectivity index (χ0v) is 26.6. The van der Waals surface area contributed by atoms with E-state index in [9.17, 15) is 9.59 Å². The molecule has 1 aliphatic carbocycles. The fourth-order valence-corrected chi connectivity index (χ4v) is 13.8. The van der Waals surface area contributed by atoms with E-state index in [1.165, 1.54) is 0 Å². The molecule has 0 bridgehead atoms. The van der Waals surface area contributed by atoms with Crippen molar-refractivity contribution in [1.82, 2.24) is 5.32 Å². The van der Waals surface area contributed by atoms with Gasteiger partial charge in [-0.15, -0.1) is 0 Å². The number of fused-ring (bicyclic) bond motifs is 2. The van der Waals surface area contributed by atoms with Crippen molar-refractivity contribution in [1.29, 1.82) is 0 Å². The Morgan fingerprint density at radius 2 is 2.00 bits per heavy atom. The molecular weight excluding hydrogens is 654 g/mol. The number of ether oxygens (including phenoxy) is 2. The van der Waals surface area contributed by atoms with E-state index < -0.39 is 46.9 Å². The number of benzene rings is 2. The summed E-state index contributed by atoms with van der Waals surface area (Å²) in [5.74, 6) is 0.371. The molecule has 8 heteroatoms. The number of halogens is 1. The molecule has 2 aromatic carbocycles. The Balaban J connectivity index is 1.60. The molecular formula is C27H30ClHgNO5. The molecule has 0 unspecified atom stereocenters. The van der Waals surface area contributed by atoms with Crippen LogP contribution in [0.25, 0.3) is 10.8 Å². The van der Waals surface area contributed by atoms with Crippen LogP contribution >= 0.6 is 8.25 Å². The Kier molecular flexibility index (Phi) is 8.43. The van der Waals surface area contributed by atoms with Gasteiger partial charge in [0.05, 0.1) is 0 Å². The summed E-state index contributed by atoms with van der Waals surface area (Å²) in [7, 11) is 6.60. The van der Waals surface area contributed by atoms with Crippen LogP contribution in [0.4, 0.5) is 4.79 Å². The summed E-state index contributed by atoms with van der Waals surface area (Å²) in [5, 5.41) is 5.15. The summed E-state index contributed by atoms with van der Waals surface area (Å²) in [6.45, 7) is 5.97. The van der Waals surface area contributed by atoms with E-state index in [4.69, 9.17) is 22.1 Å². The fourth-order valence-electron chi connectivity index (χ4n) is 5.26. The molecule has 1 amide bonds. The number of aryl methyl sites for hydroxylation is 1. The molecule has 0 radical (unpaired) electrons. The first kappa shape index (κ1) is 26.0. The van der Waals surface area contributed by atoms with Gasteiger partial charge in [-0.3, -0.25) is 0 Å². The van der Waals surface area contributed by atoms with Crippen molar-refractivity contribution in [2.75, 3.05) is 6.61 Å². The second-order valence-electron chi connectivity index (χ2n) is 9.29. The van der Waals surface area contributed by atoms with Crippen molar-refractivity contribution in [3.8, 4) is 0 Å². The van der Waals surface area contributed by atoms with Crippen LogP contribution in [0.5, 0.6) is 0 Å². The van der Waals surface area contributed by atoms with Crippen LogP contribution in [0, 0.1) is 0 Å². The Morgan fingerprint density at radius 1 is 1.23 bits per heavy atom. The number of hydrogen-bond donors (Lipinski definition) is 1. The van der Waals surface area contributed by atoms with Crippen molar-refractivity contribution >= 4 is 31.1 Å². The molecule has 4 atom stereocenters. The second kappa shape index (κ2) is 11.3. The molecule has 1 aromatic heterocycles. The Bertz CT molecular complexity index is 1190. The van der Waals surface area contributed by atoms with Gasteiger partial charge >= 0.3 is 223 Å². The number of carbonyl (C=O) groups is 2. The number of amides is 1. The molecule has 4 rings (SSSR count). The first-order valence-electron chi connectivity index (χ1n) is 12.1. The zero-order chi connectivity index (χ0) is 25.0. The molecule has 0 aliphatic heterocycles. The first-order chi connectivity index (χ1) is 16.9. The maximum absolute atomic E-state index is 13.2. The summed E-state index contributed by atoms with van der Waals surface area (Å²) < 4.78 is 17.4. The number of esters is 1. The van der Waals surface area contributed by atoms with E-state index in [-0.39, 0.29) is 22.5 Å². The van der Waals surface area contributed by atoms with Gasteiger partial charge in [0.15, 0.2) is 0 Å². The quantitative estimate of drug-likeness (QED) is 0.218. The molecule has 1 N–H and O–H groups in total. The average Bonchev–Trinajstić information content (AvgIpc) is 3.34. The molecule has 0 saturated carbocycles. The van der Waals surface area contributed by atoms with E-state index in [2.05, 4.69) is 5.32 Å². The monoisotopic (exact) mass is 685 g/mol. The first-order valence-corrected chi connectivity index (χ1v) is 22.1. The molecule has 3 aromatic rings. The Labute approximate surface area is 221 Å². The van der Waals surface area contributed by atoms with Crippen molar-refractivity contribution in [2.45, 2.75) is 61.0 Å². The summed E-state index contributed by atoms with van der Waals surface area (Å²) >= 11 is -1.84. The molecule has 1 heterocycles. The van der Waals surface area contributed by atoms with Crippen LogP contribution in [-0.2, 0) is 49.4 Å². The fraction of sp³-hybridized carbons (Fsp3) is 0.407. The number of rotatable bonds is 8. The Hall–Kier alpha value is -2.05. The third-order valence-corrected chi connectivity index (χ3v) is 16.8. The molecule has 35 heavy (non-hydrogen) atoms. The van der Waals surface area contributed by atoms with E-state index in [1.807, 2.05) is 62.4 Å². The number of alkyl carbamates (subject to hydrolysis) is 1. The van der Waals surface area contributed by atoms with Crippen LogP contribution in [0.3, 0.4) is 0 Å². The van der Waals surface area contributed by atoms with Gasteiger partial charge in [0.25, 0.3) is 0 Å². The van der Waals surface area contributed by atoms with Gasteiger partial charge in [-0.25, -0.2) is 0 Å². The topological polar surface area (TPSA) is 77.8 Å². The number of furan rings is 1. The van der Waals surface area contributed by atoms with E-state index in [0.29, 0.717) is 0 Å². The number of hydrogen-bond acceptors (Lipinski definition) is 5. The second-order valence-corrected chi connectivity index (χ2v) is 17.0. The average molecular weight is 685 g/mol. The summed E-state index contributed by atoms with van der Waals surface area (Å²) in [5.41, 5.74) is 1.41. The van der Waals surface area contributed by atoms with Gasteiger partial charge in [-0.05, 0) is 0 Å². The summed E-state index contributed by atoms with van der Waals surface area (Å²) in [6.07, 6.45) is 2.07. The van der Waals surface area contributed by atoms with E-state index >= 15 is 0 Å². The van der Waals surface area contributed by atoms with E-state index in [0.717, 1.165) is 40.5 Å². The third-order valence-electron chi connectivity index (χ3n) is 7.23. The van der Waals surface area contributed by atoms with Gasteiger partial charge in [0.2, 0.25) is 0 Å². The van der Waals surface area contributed by atoms with Crippen molar-refractivity contribution < 1.29 is 46.8 Å². The van der Waals surface area contributed by atoms with Crippen molar-refractivity contribution in [3.05, 3.63) is 71.7 Å². The summed E-state index contributed by atoms with van der Waals surface area (Å²) in [6, 6.07) is 15.7. The SMILES string of the molecule is CCOC(=O)C[C@H](OC(=O)N[C@@H](C)c1cccc2ccccc12)[C@@]1(C)c2occc2CC[C@@H]1[Hg][Cl]. The summed E-state index contributed by atoms with van der Waals surface area (Å²) in [4.78, 5) is 25.8. The number of carbonyl (C=O) groups excluding carboxylic acids is 2.